The summed E-state index contributed by atoms with van der Waals surface area (Å²) in [4.78, 5) is 21.0. The van der Waals surface area contributed by atoms with Crippen LogP contribution < -0.4 is 5.56 Å². The zero-order valence-corrected chi connectivity index (χ0v) is 22.0. The molecule has 0 spiro atoms. The Labute approximate surface area is 222 Å². The smallest absolute Gasteiger partial charge is 0.294 e. The third-order valence-corrected chi connectivity index (χ3v) is 7.32. The molecule has 1 aliphatic heterocycles. The highest BCUT2D eigenvalue weighted by molar-refractivity contribution is 14.1. The predicted molar refractivity (Wildman–Crippen MR) is 146 cm³/mol. The second-order valence-electron chi connectivity index (χ2n) is 9.14. The summed E-state index contributed by atoms with van der Waals surface area (Å²) in [5.41, 5.74) is 4.51. The quantitative estimate of drug-likeness (QED) is 0.196. The molecule has 4 aromatic rings. The first kappa shape index (κ1) is 24.8. The number of hydrogen-bond donors (Lipinski definition) is 0. The number of aromatic nitrogens is 2. The van der Waals surface area contributed by atoms with Crippen LogP contribution >= 0.6 is 22.6 Å². The van der Waals surface area contributed by atoms with E-state index in [-0.39, 0.29) is 17.2 Å². The van der Waals surface area contributed by atoms with Crippen LogP contribution in [0.15, 0.2) is 89.7 Å². The van der Waals surface area contributed by atoms with Crippen molar-refractivity contribution in [1.29, 1.82) is 0 Å². The SMILES string of the molecule is Cc1nc2c(c(=O)n1C(c1ccccc1)c1ccccc1)CN(Cc1ccc(C(F)(F)I)cc1)CC2. The molecule has 7 heteroatoms. The Morgan fingerprint density at radius 1 is 0.944 bits per heavy atom. The second-order valence-corrected chi connectivity index (χ2v) is 10.5. The fourth-order valence-electron chi connectivity index (χ4n) is 4.92. The molecule has 0 aliphatic carbocycles. The molecule has 184 valence electrons. The van der Waals surface area contributed by atoms with Crippen molar-refractivity contribution in [2.24, 2.45) is 0 Å². The molecule has 1 aromatic heterocycles. The van der Waals surface area contributed by atoms with Crippen molar-refractivity contribution < 1.29 is 8.78 Å². The van der Waals surface area contributed by atoms with E-state index in [0.717, 1.165) is 51.5 Å². The fraction of sp³-hybridized carbons (Fsp3) is 0.241. The first-order valence-corrected chi connectivity index (χ1v) is 13.0. The number of rotatable bonds is 6. The van der Waals surface area contributed by atoms with Crippen molar-refractivity contribution in [2.75, 3.05) is 6.54 Å². The molecule has 0 amide bonds. The molecule has 0 fully saturated rings. The average Bonchev–Trinajstić information content (AvgIpc) is 2.88. The molecule has 0 saturated carbocycles. The van der Waals surface area contributed by atoms with Gasteiger partial charge in [-0.05, 0) is 23.6 Å². The van der Waals surface area contributed by atoms with E-state index >= 15 is 0 Å². The van der Waals surface area contributed by atoms with Crippen molar-refractivity contribution in [3.63, 3.8) is 0 Å². The summed E-state index contributed by atoms with van der Waals surface area (Å²) in [6.45, 7) is 3.72. The molecule has 0 unspecified atom stereocenters. The van der Waals surface area contributed by atoms with Crippen LogP contribution in [0.1, 0.15) is 45.4 Å². The number of aryl methyl sites for hydroxylation is 1. The molecule has 5 rings (SSSR count). The van der Waals surface area contributed by atoms with Gasteiger partial charge in [-0.15, -0.1) is 0 Å². The highest BCUT2D eigenvalue weighted by atomic mass is 127. The van der Waals surface area contributed by atoms with Crippen LogP contribution in [-0.2, 0) is 23.4 Å². The topological polar surface area (TPSA) is 38.1 Å². The van der Waals surface area contributed by atoms with Crippen molar-refractivity contribution in [2.45, 2.75) is 36.4 Å². The van der Waals surface area contributed by atoms with Crippen molar-refractivity contribution >= 4 is 22.6 Å². The third kappa shape index (κ3) is 5.13. The molecule has 0 bridgehead atoms. The number of fused-ring (bicyclic) bond motifs is 1. The van der Waals surface area contributed by atoms with E-state index in [4.69, 9.17) is 4.98 Å². The van der Waals surface area contributed by atoms with Gasteiger partial charge < -0.3 is 0 Å². The lowest BCUT2D eigenvalue weighted by Crippen LogP contribution is -2.40. The van der Waals surface area contributed by atoms with E-state index in [9.17, 15) is 13.6 Å². The Balaban J connectivity index is 1.49. The van der Waals surface area contributed by atoms with Gasteiger partial charge in [0.05, 0.1) is 17.3 Å². The standard InChI is InChI=1S/C29H26F2IN3O/c1-20-33-26-16-17-34(18-21-12-14-24(15-13-21)29(30,31)32)19-25(26)28(36)35(20)27(22-8-4-2-5-9-22)23-10-6-3-7-11-23/h2-15,27H,16-19H2,1H3. The largest absolute Gasteiger partial charge is 0.321 e. The van der Waals surface area contributed by atoms with Gasteiger partial charge in [0.25, 0.3) is 5.56 Å². The van der Waals surface area contributed by atoms with Gasteiger partial charge in [-0.2, -0.15) is 8.78 Å². The van der Waals surface area contributed by atoms with Gasteiger partial charge in [-0.3, -0.25) is 14.3 Å². The Hall–Kier alpha value is -2.91. The summed E-state index contributed by atoms with van der Waals surface area (Å²) < 4.78 is 26.1. The minimum atomic E-state index is -2.89. The normalized spacial score (nSPS) is 14.1. The zero-order chi connectivity index (χ0) is 25.3. The highest BCUT2D eigenvalue weighted by Gasteiger charge is 2.28. The van der Waals surface area contributed by atoms with E-state index in [1.54, 1.807) is 12.1 Å². The lowest BCUT2D eigenvalue weighted by molar-refractivity contribution is 0.127. The summed E-state index contributed by atoms with van der Waals surface area (Å²) in [6, 6.07) is 26.2. The zero-order valence-electron chi connectivity index (χ0n) is 19.9. The first-order valence-electron chi connectivity index (χ1n) is 11.9. The maximum atomic E-state index is 14.0. The molecular formula is C29H26F2IN3O. The van der Waals surface area contributed by atoms with Crippen LogP contribution in [0.25, 0.3) is 0 Å². The van der Waals surface area contributed by atoms with Crippen LogP contribution in [-0.4, -0.2) is 21.0 Å². The van der Waals surface area contributed by atoms with Gasteiger partial charge in [0.15, 0.2) is 0 Å². The number of benzene rings is 3. The molecule has 0 atom stereocenters. The van der Waals surface area contributed by atoms with Crippen molar-refractivity contribution in [3.05, 3.63) is 135 Å². The molecule has 2 heterocycles. The molecule has 0 saturated heterocycles. The lowest BCUT2D eigenvalue weighted by atomic mass is 9.97. The number of hydrogen-bond acceptors (Lipinski definition) is 3. The summed E-state index contributed by atoms with van der Waals surface area (Å²) in [6.07, 6.45) is 0.678. The number of alkyl halides is 3. The summed E-state index contributed by atoms with van der Waals surface area (Å²) in [5, 5.41) is 0. The van der Waals surface area contributed by atoms with Crippen LogP contribution in [0.5, 0.6) is 0 Å². The third-order valence-electron chi connectivity index (χ3n) is 6.69. The Morgan fingerprint density at radius 2 is 1.53 bits per heavy atom. The maximum absolute atomic E-state index is 14.0. The number of halogens is 3. The Morgan fingerprint density at radius 3 is 2.08 bits per heavy atom. The van der Waals surface area contributed by atoms with E-state index in [0.29, 0.717) is 30.9 Å². The monoisotopic (exact) mass is 597 g/mol. The first-order chi connectivity index (χ1) is 17.3. The molecule has 1 aliphatic rings. The van der Waals surface area contributed by atoms with Gasteiger partial charge in [-0.1, -0.05) is 84.9 Å². The average molecular weight is 597 g/mol. The minimum absolute atomic E-state index is 0.00809. The fourth-order valence-corrected chi connectivity index (χ4v) is 5.28. The molecule has 3 aromatic carbocycles. The predicted octanol–water partition coefficient (Wildman–Crippen LogP) is 6.23. The molecular weight excluding hydrogens is 571 g/mol. The minimum Gasteiger partial charge on any atom is -0.294 e. The molecule has 0 N–H and O–H groups in total. The second kappa shape index (κ2) is 10.2. The van der Waals surface area contributed by atoms with Gasteiger partial charge >= 0.3 is 3.93 Å². The molecule has 0 radical (unpaired) electrons. The number of nitrogens with zero attached hydrogens (tertiary/aromatic N) is 3. The summed E-state index contributed by atoms with van der Waals surface area (Å²) in [7, 11) is 0. The van der Waals surface area contributed by atoms with Crippen molar-refractivity contribution in [3.8, 4) is 0 Å². The Kier molecular flexibility index (Phi) is 7.03. The Bertz CT molecular complexity index is 1360. The van der Waals surface area contributed by atoms with E-state index in [1.165, 1.54) is 12.1 Å². The molecule has 36 heavy (non-hydrogen) atoms. The summed E-state index contributed by atoms with van der Waals surface area (Å²) >= 11 is 1.14. The molecule has 4 nitrogen and oxygen atoms in total. The van der Waals surface area contributed by atoms with Gasteiger partial charge in [-0.25, -0.2) is 4.98 Å². The van der Waals surface area contributed by atoms with Crippen LogP contribution in [0, 0.1) is 6.92 Å². The van der Waals surface area contributed by atoms with Gasteiger partial charge in [0.1, 0.15) is 5.82 Å². The van der Waals surface area contributed by atoms with E-state index < -0.39 is 3.93 Å². The summed E-state index contributed by atoms with van der Waals surface area (Å²) in [5.74, 6) is 0.695. The lowest BCUT2D eigenvalue weighted by Gasteiger charge is -2.30. The van der Waals surface area contributed by atoms with Crippen molar-refractivity contribution in [1.82, 2.24) is 14.5 Å². The maximum Gasteiger partial charge on any atom is 0.321 e. The van der Waals surface area contributed by atoms with Gasteiger partial charge in [0, 0.05) is 54.2 Å². The van der Waals surface area contributed by atoms with E-state index in [1.807, 2.05) is 72.2 Å². The van der Waals surface area contributed by atoms with Gasteiger partial charge in [0.2, 0.25) is 0 Å². The van der Waals surface area contributed by atoms with E-state index in [2.05, 4.69) is 4.90 Å². The highest BCUT2D eigenvalue weighted by Crippen LogP contribution is 2.35. The van der Waals surface area contributed by atoms with Crippen LogP contribution in [0.2, 0.25) is 0 Å². The van der Waals surface area contributed by atoms with Crippen LogP contribution in [0.3, 0.4) is 0 Å². The van der Waals surface area contributed by atoms with Crippen LogP contribution in [0.4, 0.5) is 8.78 Å².